The third kappa shape index (κ3) is 2.26. The molecule has 1 aliphatic heterocycles. The second-order valence-corrected chi connectivity index (χ2v) is 5.73. The van der Waals surface area contributed by atoms with Gasteiger partial charge < -0.3 is 4.90 Å². The van der Waals surface area contributed by atoms with E-state index in [1.807, 2.05) is 10.3 Å². The van der Waals surface area contributed by atoms with Gasteiger partial charge in [0.15, 0.2) is 0 Å². The summed E-state index contributed by atoms with van der Waals surface area (Å²) in [5.74, 6) is 0.413. The number of benzene rings is 1. The molecule has 0 fully saturated rings. The molecule has 2 heterocycles. The minimum atomic E-state index is -0.279. The number of amidine groups is 1. The minimum absolute atomic E-state index is 0.277. The van der Waals surface area contributed by atoms with Crippen LogP contribution in [0.1, 0.15) is 29.0 Å². The van der Waals surface area contributed by atoms with Crippen LogP contribution >= 0.6 is 11.3 Å². The molecule has 0 saturated carbocycles. The highest BCUT2D eigenvalue weighted by Gasteiger charge is 2.26. The fraction of sp³-hybridized carbons (Fsp3) is 0.286. The molecule has 1 unspecified atom stereocenters. The van der Waals surface area contributed by atoms with E-state index in [0.717, 1.165) is 17.1 Å². The SMILES string of the molecule is CC(CN1Cc2ccc(F)cc2C1=N)c1nccs1. The zero-order valence-corrected chi connectivity index (χ0v) is 11.4. The van der Waals surface area contributed by atoms with E-state index in [-0.39, 0.29) is 11.7 Å². The lowest BCUT2D eigenvalue weighted by atomic mass is 10.1. The Labute approximate surface area is 115 Å². The van der Waals surface area contributed by atoms with E-state index in [0.29, 0.717) is 17.9 Å². The van der Waals surface area contributed by atoms with Crippen molar-refractivity contribution in [2.24, 2.45) is 0 Å². The van der Waals surface area contributed by atoms with E-state index in [9.17, 15) is 4.39 Å². The summed E-state index contributed by atoms with van der Waals surface area (Å²) in [6, 6.07) is 4.68. The second-order valence-electron chi connectivity index (χ2n) is 4.80. The maximum absolute atomic E-state index is 13.2. The lowest BCUT2D eigenvalue weighted by Crippen LogP contribution is -2.28. The molecule has 0 bridgehead atoms. The summed E-state index contributed by atoms with van der Waals surface area (Å²) < 4.78 is 13.2. The third-order valence-corrected chi connectivity index (χ3v) is 4.38. The normalized spacial score (nSPS) is 15.7. The molecule has 0 spiro atoms. The van der Waals surface area contributed by atoms with E-state index in [1.165, 1.54) is 12.1 Å². The van der Waals surface area contributed by atoms with Crippen molar-refractivity contribution in [1.82, 2.24) is 9.88 Å². The molecular formula is C14H14FN3S. The van der Waals surface area contributed by atoms with Gasteiger partial charge in [-0.1, -0.05) is 13.0 Å². The van der Waals surface area contributed by atoms with Crippen LogP contribution in [0.15, 0.2) is 29.8 Å². The van der Waals surface area contributed by atoms with Gasteiger partial charge in [-0.3, -0.25) is 5.41 Å². The Kier molecular flexibility index (Phi) is 3.06. The number of nitrogens with one attached hydrogen (secondary N) is 1. The zero-order valence-electron chi connectivity index (χ0n) is 10.6. The minimum Gasteiger partial charge on any atom is -0.352 e. The summed E-state index contributed by atoms with van der Waals surface area (Å²) in [4.78, 5) is 6.29. The summed E-state index contributed by atoms with van der Waals surface area (Å²) >= 11 is 1.63. The van der Waals surface area contributed by atoms with Crippen LogP contribution in [0.3, 0.4) is 0 Å². The molecule has 1 N–H and O–H groups in total. The molecule has 0 radical (unpaired) electrons. The van der Waals surface area contributed by atoms with Crippen LogP contribution in [0.4, 0.5) is 4.39 Å². The van der Waals surface area contributed by atoms with Crippen LogP contribution < -0.4 is 0 Å². The molecular weight excluding hydrogens is 261 g/mol. The van der Waals surface area contributed by atoms with Gasteiger partial charge in [-0.05, 0) is 17.7 Å². The van der Waals surface area contributed by atoms with Crippen LogP contribution in [0.2, 0.25) is 0 Å². The standard InChI is InChI=1S/C14H14FN3S/c1-9(14-17-4-5-19-14)7-18-8-10-2-3-11(15)6-12(10)13(18)16/h2-6,9,16H,7-8H2,1H3. The van der Waals surface area contributed by atoms with Crippen molar-refractivity contribution in [3.63, 3.8) is 0 Å². The van der Waals surface area contributed by atoms with E-state index >= 15 is 0 Å². The van der Waals surface area contributed by atoms with E-state index < -0.39 is 0 Å². The van der Waals surface area contributed by atoms with Gasteiger partial charge in [0.05, 0.1) is 5.01 Å². The molecule has 0 aliphatic carbocycles. The van der Waals surface area contributed by atoms with E-state index in [2.05, 4.69) is 11.9 Å². The van der Waals surface area contributed by atoms with Gasteiger partial charge in [0.2, 0.25) is 0 Å². The summed E-state index contributed by atoms with van der Waals surface area (Å²) in [6.07, 6.45) is 1.80. The van der Waals surface area contributed by atoms with Crippen molar-refractivity contribution in [2.75, 3.05) is 6.54 Å². The molecule has 98 valence electrons. The third-order valence-electron chi connectivity index (χ3n) is 3.37. The van der Waals surface area contributed by atoms with E-state index in [1.54, 1.807) is 23.6 Å². The molecule has 0 saturated heterocycles. The van der Waals surface area contributed by atoms with Gasteiger partial charge in [-0.25, -0.2) is 9.37 Å². The molecule has 2 aromatic rings. The smallest absolute Gasteiger partial charge is 0.128 e. The number of fused-ring (bicyclic) bond motifs is 1. The van der Waals surface area contributed by atoms with Crippen molar-refractivity contribution < 1.29 is 4.39 Å². The van der Waals surface area contributed by atoms with Crippen molar-refractivity contribution >= 4 is 17.2 Å². The van der Waals surface area contributed by atoms with Gasteiger partial charge in [-0.15, -0.1) is 11.3 Å². The number of nitrogens with zero attached hydrogens (tertiary/aromatic N) is 2. The average Bonchev–Trinajstić information content (AvgIpc) is 3.00. The molecule has 0 amide bonds. The highest BCUT2D eigenvalue weighted by molar-refractivity contribution is 7.09. The Morgan fingerprint density at radius 3 is 3.11 bits per heavy atom. The summed E-state index contributed by atoms with van der Waals surface area (Å²) in [6.45, 7) is 3.53. The number of rotatable bonds is 3. The van der Waals surface area contributed by atoms with Gasteiger partial charge in [0.1, 0.15) is 11.7 Å². The van der Waals surface area contributed by atoms with Crippen LogP contribution in [0.5, 0.6) is 0 Å². The first-order chi connectivity index (χ1) is 9.15. The van der Waals surface area contributed by atoms with Gasteiger partial charge in [0.25, 0.3) is 0 Å². The van der Waals surface area contributed by atoms with Crippen molar-refractivity contribution in [3.8, 4) is 0 Å². The van der Waals surface area contributed by atoms with Crippen LogP contribution in [-0.2, 0) is 6.54 Å². The number of hydrogen-bond donors (Lipinski definition) is 1. The van der Waals surface area contributed by atoms with Crippen LogP contribution in [0, 0.1) is 11.2 Å². The fourth-order valence-corrected chi connectivity index (χ4v) is 3.09. The van der Waals surface area contributed by atoms with Crippen molar-refractivity contribution in [1.29, 1.82) is 5.41 Å². The molecule has 19 heavy (non-hydrogen) atoms. The number of thiazole rings is 1. The Hall–Kier alpha value is -1.75. The first-order valence-corrected chi connectivity index (χ1v) is 7.05. The van der Waals surface area contributed by atoms with Crippen molar-refractivity contribution in [3.05, 3.63) is 51.7 Å². The summed E-state index contributed by atoms with van der Waals surface area (Å²) in [5, 5.41) is 11.2. The maximum Gasteiger partial charge on any atom is 0.128 e. The zero-order chi connectivity index (χ0) is 13.4. The number of aromatic nitrogens is 1. The molecule has 3 rings (SSSR count). The van der Waals surface area contributed by atoms with Gasteiger partial charge in [-0.2, -0.15) is 0 Å². The molecule has 1 aromatic heterocycles. The second kappa shape index (κ2) is 4.74. The van der Waals surface area contributed by atoms with Gasteiger partial charge in [0, 0.05) is 36.1 Å². The fourth-order valence-electron chi connectivity index (χ4n) is 2.40. The highest BCUT2D eigenvalue weighted by Crippen LogP contribution is 2.27. The first kappa shape index (κ1) is 12.3. The topological polar surface area (TPSA) is 40.0 Å². The molecule has 5 heteroatoms. The largest absolute Gasteiger partial charge is 0.352 e. The Morgan fingerprint density at radius 1 is 1.53 bits per heavy atom. The van der Waals surface area contributed by atoms with Crippen LogP contribution in [0.25, 0.3) is 0 Å². The molecule has 1 aromatic carbocycles. The number of halogens is 1. The Balaban J connectivity index is 1.77. The average molecular weight is 275 g/mol. The Bertz CT molecular complexity index is 609. The predicted octanol–water partition coefficient (Wildman–Crippen LogP) is 3.23. The number of hydrogen-bond acceptors (Lipinski definition) is 3. The molecule has 1 aliphatic rings. The summed E-state index contributed by atoms with van der Waals surface area (Å²) in [5.41, 5.74) is 1.74. The van der Waals surface area contributed by atoms with E-state index in [4.69, 9.17) is 5.41 Å². The van der Waals surface area contributed by atoms with Crippen molar-refractivity contribution in [2.45, 2.75) is 19.4 Å². The predicted molar refractivity (Wildman–Crippen MR) is 74.2 cm³/mol. The molecule has 1 atom stereocenters. The maximum atomic E-state index is 13.2. The lowest BCUT2D eigenvalue weighted by Gasteiger charge is -2.21. The Morgan fingerprint density at radius 2 is 2.37 bits per heavy atom. The van der Waals surface area contributed by atoms with Crippen LogP contribution in [-0.4, -0.2) is 22.3 Å². The highest BCUT2D eigenvalue weighted by atomic mass is 32.1. The molecule has 3 nitrogen and oxygen atoms in total. The van der Waals surface area contributed by atoms with Gasteiger partial charge >= 0.3 is 0 Å². The monoisotopic (exact) mass is 275 g/mol. The quantitative estimate of drug-likeness (QED) is 0.934. The lowest BCUT2D eigenvalue weighted by molar-refractivity contribution is 0.400. The first-order valence-electron chi connectivity index (χ1n) is 6.17. The summed E-state index contributed by atoms with van der Waals surface area (Å²) in [7, 11) is 0.